The van der Waals surface area contributed by atoms with Crippen LogP contribution >= 0.6 is 11.6 Å². The van der Waals surface area contributed by atoms with Crippen molar-refractivity contribution in [2.24, 2.45) is 5.10 Å². The first-order valence-electron chi connectivity index (χ1n) is 6.41. The standard InChI is InChI=1S/C16H10ClFN2O2/c17-15-12-3-1-2-4-14(12)22-16(21)13(15)9-19-20-11-7-5-10(18)6-8-11/h1-9,20H/b19-9+. The van der Waals surface area contributed by atoms with Crippen molar-refractivity contribution in [1.29, 1.82) is 0 Å². The van der Waals surface area contributed by atoms with Crippen molar-refractivity contribution in [3.8, 4) is 0 Å². The fourth-order valence-corrected chi connectivity index (χ4v) is 2.21. The van der Waals surface area contributed by atoms with Crippen LogP contribution in [-0.2, 0) is 0 Å². The van der Waals surface area contributed by atoms with Gasteiger partial charge in [-0.2, -0.15) is 5.10 Å². The van der Waals surface area contributed by atoms with Crippen molar-refractivity contribution >= 4 is 34.5 Å². The van der Waals surface area contributed by atoms with Crippen molar-refractivity contribution in [2.75, 3.05) is 5.43 Å². The maximum Gasteiger partial charge on any atom is 0.346 e. The van der Waals surface area contributed by atoms with Gasteiger partial charge in [0.25, 0.3) is 0 Å². The Hall–Kier alpha value is -2.66. The summed E-state index contributed by atoms with van der Waals surface area (Å²) < 4.78 is 18.0. The van der Waals surface area contributed by atoms with Gasteiger partial charge in [0.05, 0.1) is 22.5 Å². The molecule has 0 aliphatic heterocycles. The molecule has 0 unspecified atom stereocenters. The molecule has 2 aromatic carbocycles. The fraction of sp³-hybridized carbons (Fsp3) is 0. The number of rotatable bonds is 3. The molecule has 6 heteroatoms. The highest BCUT2D eigenvalue weighted by Gasteiger charge is 2.10. The summed E-state index contributed by atoms with van der Waals surface area (Å²) in [5.74, 6) is -0.340. The van der Waals surface area contributed by atoms with E-state index >= 15 is 0 Å². The zero-order chi connectivity index (χ0) is 15.5. The van der Waals surface area contributed by atoms with Crippen molar-refractivity contribution in [1.82, 2.24) is 0 Å². The van der Waals surface area contributed by atoms with Gasteiger partial charge in [-0.15, -0.1) is 0 Å². The third-order valence-electron chi connectivity index (χ3n) is 3.01. The van der Waals surface area contributed by atoms with E-state index in [4.69, 9.17) is 16.0 Å². The number of hydrogen-bond donors (Lipinski definition) is 1. The molecule has 0 aliphatic rings. The first-order chi connectivity index (χ1) is 10.6. The second-order valence-electron chi connectivity index (χ2n) is 4.49. The van der Waals surface area contributed by atoms with E-state index < -0.39 is 5.63 Å². The smallest absolute Gasteiger partial charge is 0.346 e. The molecular weight excluding hydrogens is 307 g/mol. The summed E-state index contributed by atoms with van der Waals surface area (Å²) in [5.41, 5.74) is 3.26. The topological polar surface area (TPSA) is 54.6 Å². The normalized spacial score (nSPS) is 11.2. The van der Waals surface area contributed by atoms with Crippen molar-refractivity contribution in [2.45, 2.75) is 0 Å². The second-order valence-corrected chi connectivity index (χ2v) is 4.87. The molecule has 1 N–H and O–H groups in total. The Morgan fingerprint density at radius 1 is 1.14 bits per heavy atom. The number of nitrogens with zero attached hydrogens (tertiary/aromatic N) is 1. The molecule has 0 aliphatic carbocycles. The van der Waals surface area contributed by atoms with Gasteiger partial charge in [-0.3, -0.25) is 5.43 Å². The number of anilines is 1. The minimum atomic E-state index is -0.576. The molecule has 4 nitrogen and oxygen atoms in total. The van der Waals surface area contributed by atoms with Crippen molar-refractivity contribution in [3.63, 3.8) is 0 Å². The van der Waals surface area contributed by atoms with Gasteiger partial charge in [0, 0.05) is 5.39 Å². The molecule has 0 saturated heterocycles. The molecule has 0 radical (unpaired) electrons. The summed E-state index contributed by atoms with van der Waals surface area (Å²) in [6.45, 7) is 0. The lowest BCUT2D eigenvalue weighted by Gasteiger charge is -2.02. The average Bonchev–Trinajstić information content (AvgIpc) is 2.52. The van der Waals surface area contributed by atoms with E-state index in [1.807, 2.05) is 0 Å². The molecule has 0 atom stereocenters. The molecular formula is C16H10ClFN2O2. The summed E-state index contributed by atoms with van der Waals surface area (Å²) in [6, 6.07) is 12.6. The van der Waals surface area contributed by atoms with Crippen LogP contribution in [0.4, 0.5) is 10.1 Å². The van der Waals surface area contributed by atoms with E-state index in [2.05, 4.69) is 10.5 Å². The van der Waals surface area contributed by atoms with Crippen LogP contribution in [0.3, 0.4) is 0 Å². The molecule has 110 valence electrons. The van der Waals surface area contributed by atoms with Crippen LogP contribution in [0.1, 0.15) is 5.56 Å². The zero-order valence-corrected chi connectivity index (χ0v) is 12.0. The van der Waals surface area contributed by atoms with E-state index in [-0.39, 0.29) is 16.4 Å². The lowest BCUT2D eigenvalue weighted by molar-refractivity contribution is 0.560. The van der Waals surface area contributed by atoms with Crippen LogP contribution in [0.25, 0.3) is 11.0 Å². The van der Waals surface area contributed by atoms with Crippen LogP contribution in [0, 0.1) is 5.82 Å². The first kappa shape index (κ1) is 14.3. The van der Waals surface area contributed by atoms with Crippen molar-refractivity contribution in [3.05, 3.63) is 75.4 Å². The minimum Gasteiger partial charge on any atom is -0.422 e. The minimum absolute atomic E-state index is 0.148. The number of halogens is 2. The van der Waals surface area contributed by atoms with Gasteiger partial charge in [-0.1, -0.05) is 23.7 Å². The summed E-state index contributed by atoms with van der Waals surface area (Å²) in [6.07, 6.45) is 1.28. The predicted octanol–water partition coefficient (Wildman–Crippen LogP) is 4.03. The highest BCUT2D eigenvalue weighted by Crippen LogP contribution is 2.23. The Kier molecular flexibility index (Phi) is 3.89. The predicted molar refractivity (Wildman–Crippen MR) is 85.1 cm³/mol. The highest BCUT2D eigenvalue weighted by atomic mass is 35.5. The number of hydrazone groups is 1. The molecule has 3 aromatic rings. The summed E-state index contributed by atoms with van der Waals surface area (Å²) in [5, 5.41) is 4.83. The molecule has 0 bridgehead atoms. The van der Waals surface area contributed by atoms with Crippen LogP contribution < -0.4 is 11.1 Å². The molecule has 0 fully saturated rings. The molecule has 1 heterocycles. The highest BCUT2D eigenvalue weighted by molar-refractivity contribution is 6.37. The van der Waals surface area contributed by atoms with Gasteiger partial charge in [0.1, 0.15) is 11.4 Å². The summed E-state index contributed by atoms with van der Waals surface area (Å²) in [7, 11) is 0. The average molecular weight is 317 g/mol. The molecule has 0 saturated carbocycles. The van der Waals surface area contributed by atoms with E-state index in [0.29, 0.717) is 16.7 Å². The van der Waals surface area contributed by atoms with Gasteiger partial charge in [0.15, 0.2) is 0 Å². The molecule has 0 amide bonds. The number of benzene rings is 2. The monoisotopic (exact) mass is 316 g/mol. The van der Waals surface area contributed by atoms with Crippen molar-refractivity contribution < 1.29 is 8.81 Å². The van der Waals surface area contributed by atoms with Gasteiger partial charge >= 0.3 is 5.63 Å². The van der Waals surface area contributed by atoms with E-state index in [1.54, 1.807) is 24.3 Å². The Morgan fingerprint density at radius 3 is 2.64 bits per heavy atom. The van der Waals surface area contributed by atoms with Gasteiger partial charge in [-0.05, 0) is 36.4 Å². The Labute approximate surface area is 129 Å². The SMILES string of the molecule is O=c1oc2ccccc2c(Cl)c1/C=N/Nc1ccc(F)cc1. The fourth-order valence-electron chi connectivity index (χ4n) is 1.93. The number of para-hydroxylation sites is 1. The summed E-state index contributed by atoms with van der Waals surface area (Å²) >= 11 is 6.22. The molecule has 1 aromatic heterocycles. The van der Waals surface area contributed by atoms with E-state index in [0.717, 1.165) is 0 Å². The second kappa shape index (κ2) is 5.99. The number of hydrogen-bond acceptors (Lipinski definition) is 4. The zero-order valence-electron chi connectivity index (χ0n) is 11.2. The maximum absolute atomic E-state index is 12.8. The van der Waals surface area contributed by atoms with Crippen LogP contribution in [-0.4, -0.2) is 6.21 Å². The third-order valence-corrected chi connectivity index (χ3v) is 3.42. The molecule has 22 heavy (non-hydrogen) atoms. The Morgan fingerprint density at radius 2 is 1.86 bits per heavy atom. The van der Waals surface area contributed by atoms with Gasteiger partial charge in [0.2, 0.25) is 0 Å². The molecule has 3 rings (SSSR count). The Balaban J connectivity index is 1.91. The lowest BCUT2D eigenvalue weighted by atomic mass is 10.2. The maximum atomic E-state index is 12.8. The Bertz CT molecular complexity index is 904. The first-order valence-corrected chi connectivity index (χ1v) is 6.79. The van der Waals surface area contributed by atoms with E-state index in [1.165, 1.54) is 30.5 Å². The lowest BCUT2D eigenvalue weighted by Crippen LogP contribution is -2.08. The van der Waals surface area contributed by atoms with Gasteiger partial charge in [-0.25, -0.2) is 9.18 Å². The largest absolute Gasteiger partial charge is 0.422 e. The van der Waals surface area contributed by atoms with Crippen LogP contribution in [0.5, 0.6) is 0 Å². The van der Waals surface area contributed by atoms with Crippen LogP contribution in [0.15, 0.2) is 62.8 Å². The van der Waals surface area contributed by atoms with Gasteiger partial charge < -0.3 is 4.42 Å². The van der Waals surface area contributed by atoms with Crippen LogP contribution in [0.2, 0.25) is 5.02 Å². The number of fused-ring (bicyclic) bond motifs is 1. The quantitative estimate of drug-likeness (QED) is 0.451. The molecule has 0 spiro atoms. The van der Waals surface area contributed by atoms with E-state index in [9.17, 15) is 9.18 Å². The third kappa shape index (κ3) is 2.84. The number of nitrogens with one attached hydrogen (secondary N) is 1. The summed E-state index contributed by atoms with van der Waals surface area (Å²) in [4.78, 5) is 11.9.